The van der Waals surface area contributed by atoms with Crippen molar-refractivity contribution in [2.45, 2.75) is 39.2 Å². The number of fused-ring (bicyclic) bond motifs is 3. The Morgan fingerprint density at radius 2 is 2.25 bits per heavy atom. The number of hydrogen-bond acceptors (Lipinski definition) is 3. The van der Waals surface area contributed by atoms with Crippen molar-refractivity contribution in [2.24, 2.45) is 0 Å². The predicted octanol–water partition coefficient (Wildman–Crippen LogP) is 4.23. The van der Waals surface area contributed by atoms with Crippen LogP contribution in [-0.4, -0.2) is 16.0 Å². The molecular formula is C18H18ClN3O2. The number of aromatic amines is 1. The number of hydrogen-bond donors (Lipinski definition) is 2. The molecule has 2 heterocycles. The van der Waals surface area contributed by atoms with Crippen LogP contribution in [0.5, 0.6) is 0 Å². The molecule has 0 unspecified atom stereocenters. The van der Waals surface area contributed by atoms with E-state index in [-0.39, 0.29) is 11.9 Å². The van der Waals surface area contributed by atoms with E-state index in [9.17, 15) is 4.79 Å². The predicted molar refractivity (Wildman–Crippen MR) is 92.4 cm³/mol. The van der Waals surface area contributed by atoms with Gasteiger partial charge in [0.05, 0.1) is 11.7 Å². The Labute approximate surface area is 144 Å². The van der Waals surface area contributed by atoms with E-state index in [1.807, 2.05) is 18.2 Å². The SMILES string of the molecule is Cc1noc(C)c1C(=O)N[C@H]1CCCc2c1[nH]c1ccc(Cl)cc21. The van der Waals surface area contributed by atoms with Crippen LogP contribution >= 0.6 is 11.6 Å². The lowest BCUT2D eigenvalue weighted by molar-refractivity contribution is 0.0930. The van der Waals surface area contributed by atoms with Gasteiger partial charge in [-0.25, -0.2) is 0 Å². The van der Waals surface area contributed by atoms with Gasteiger partial charge in [0.1, 0.15) is 11.3 Å². The maximum Gasteiger partial charge on any atom is 0.257 e. The first-order valence-electron chi connectivity index (χ1n) is 8.08. The molecule has 0 spiro atoms. The highest BCUT2D eigenvalue weighted by Gasteiger charge is 2.27. The number of nitrogens with one attached hydrogen (secondary N) is 2. The zero-order valence-corrected chi connectivity index (χ0v) is 14.3. The molecule has 0 bridgehead atoms. The highest BCUT2D eigenvalue weighted by Crippen LogP contribution is 2.36. The highest BCUT2D eigenvalue weighted by atomic mass is 35.5. The maximum atomic E-state index is 12.6. The van der Waals surface area contributed by atoms with E-state index in [1.54, 1.807) is 13.8 Å². The van der Waals surface area contributed by atoms with Crippen LogP contribution in [0.4, 0.5) is 0 Å². The smallest absolute Gasteiger partial charge is 0.257 e. The molecular weight excluding hydrogens is 326 g/mol. The van der Waals surface area contributed by atoms with Gasteiger partial charge in [-0.05, 0) is 56.9 Å². The second kappa shape index (κ2) is 5.67. The summed E-state index contributed by atoms with van der Waals surface area (Å²) < 4.78 is 5.10. The topological polar surface area (TPSA) is 70.9 Å². The Morgan fingerprint density at radius 1 is 1.42 bits per heavy atom. The summed E-state index contributed by atoms with van der Waals surface area (Å²) in [5.74, 6) is 0.408. The second-order valence-corrected chi connectivity index (χ2v) is 6.76. The van der Waals surface area contributed by atoms with E-state index >= 15 is 0 Å². The Hall–Kier alpha value is -2.27. The number of carbonyl (C=O) groups excluding carboxylic acids is 1. The zero-order valence-electron chi connectivity index (χ0n) is 13.6. The summed E-state index contributed by atoms with van der Waals surface area (Å²) in [5.41, 5.74) is 4.54. The minimum Gasteiger partial charge on any atom is -0.361 e. The van der Waals surface area contributed by atoms with Gasteiger partial charge in [0, 0.05) is 21.6 Å². The number of benzene rings is 1. The highest BCUT2D eigenvalue weighted by molar-refractivity contribution is 6.31. The lowest BCUT2D eigenvalue weighted by Crippen LogP contribution is -2.31. The summed E-state index contributed by atoms with van der Waals surface area (Å²) in [6.45, 7) is 3.54. The van der Waals surface area contributed by atoms with E-state index in [0.717, 1.165) is 40.9 Å². The fourth-order valence-electron chi connectivity index (χ4n) is 3.62. The van der Waals surface area contributed by atoms with Gasteiger partial charge in [-0.15, -0.1) is 0 Å². The van der Waals surface area contributed by atoms with Gasteiger partial charge in [-0.2, -0.15) is 0 Å². The Kier molecular flexibility index (Phi) is 3.61. The van der Waals surface area contributed by atoms with Gasteiger partial charge in [0.15, 0.2) is 0 Å². The lowest BCUT2D eigenvalue weighted by Gasteiger charge is -2.23. The number of H-pyrrole nitrogens is 1. The van der Waals surface area contributed by atoms with Crippen LogP contribution in [0.2, 0.25) is 5.02 Å². The summed E-state index contributed by atoms with van der Waals surface area (Å²) in [4.78, 5) is 16.1. The van der Waals surface area contributed by atoms with Crippen molar-refractivity contribution in [3.63, 3.8) is 0 Å². The molecule has 2 aromatic heterocycles. The zero-order chi connectivity index (χ0) is 16.8. The van der Waals surface area contributed by atoms with Gasteiger partial charge in [-0.3, -0.25) is 4.79 Å². The Morgan fingerprint density at radius 3 is 3.00 bits per heavy atom. The number of aromatic nitrogens is 2. The van der Waals surface area contributed by atoms with E-state index in [1.165, 1.54) is 5.56 Å². The van der Waals surface area contributed by atoms with Crippen LogP contribution in [0.25, 0.3) is 10.9 Å². The third kappa shape index (κ3) is 2.40. The Bertz CT molecular complexity index is 922. The average molecular weight is 344 g/mol. The van der Waals surface area contributed by atoms with Gasteiger partial charge < -0.3 is 14.8 Å². The normalized spacial score (nSPS) is 17.0. The third-order valence-electron chi connectivity index (χ3n) is 4.73. The molecule has 24 heavy (non-hydrogen) atoms. The van der Waals surface area contributed by atoms with Crippen molar-refractivity contribution in [1.29, 1.82) is 0 Å². The van der Waals surface area contributed by atoms with E-state index in [0.29, 0.717) is 17.0 Å². The standard InChI is InChI=1S/C18H18ClN3O2/c1-9-16(10(2)24-22-9)18(23)21-15-5-3-4-12-13-8-11(19)6-7-14(13)20-17(12)15/h6-8,15,20H,3-5H2,1-2H3,(H,21,23)/t15-/m0/s1. The van der Waals surface area contributed by atoms with Crippen molar-refractivity contribution < 1.29 is 9.32 Å². The number of carbonyl (C=O) groups is 1. The van der Waals surface area contributed by atoms with Crippen LogP contribution in [0.1, 0.15) is 52.0 Å². The van der Waals surface area contributed by atoms with Gasteiger partial charge >= 0.3 is 0 Å². The second-order valence-electron chi connectivity index (χ2n) is 6.32. The molecule has 1 atom stereocenters. The molecule has 1 aliphatic carbocycles. The molecule has 0 aliphatic heterocycles. The summed E-state index contributed by atoms with van der Waals surface area (Å²) >= 11 is 6.14. The molecule has 0 saturated carbocycles. The quantitative estimate of drug-likeness (QED) is 0.731. The van der Waals surface area contributed by atoms with E-state index < -0.39 is 0 Å². The molecule has 0 radical (unpaired) electrons. The van der Waals surface area contributed by atoms with Gasteiger partial charge in [-0.1, -0.05) is 16.8 Å². The minimum atomic E-state index is -0.138. The monoisotopic (exact) mass is 343 g/mol. The van der Waals surface area contributed by atoms with E-state index in [2.05, 4.69) is 15.5 Å². The number of aryl methyl sites for hydroxylation is 3. The molecule has 0 fully saturated rings. The molecule has 124 valence electrons. The largest absolute Gasteiger partial charge is 0.361 e. The lowest BCUT2D eigenvalue weighted by atomic mass is 9.91. The minimum absolute atomic E-state index is 0.0406. The number of amides is 1. The summed E-state index contributed by atoms with van der Waals surface area (Å²) in [6, 6.07) is 5.82. The molecule has 1 aromatic carbocycles. The van der Waals surface area contributed by atoms with Crippen molar-refractivity contribution in [3.8, 4) is 0 Å². The first-order chi connectivity index (χ1) is 11.5. The summed E-state index contributed by atoms with van der Waals surface area (Å²) in [6.07, 6.45) is 2.93. The molecule has 0 saturated heterocycles. The van der Waals surface area contributed by atoms with Crippen LogP contribution < -0.4 is 5.32 Å². The number of rotatable bonds is 2. The molecule has 1 aliphatic rings. The maximum absolute atomic E-state index is 12.6. The summed E-state index contributed by atoms with van der Waals surface area (Å²) in [5, 5.41) is 8.87. The average Bonchev–Trinajstić information content (AvgIpc) is 3.08. The number of nitrogens with zero attached hydrogens (tertiary/aromatic N) is 1. The van der Waals surface area contributed by atoms with Gasteiger partial charge in [0.2, 0.25) is 0 Å². The Balaban J connectivity index is 1.69. The van der Waals surface area contributed by atoms with E-state index in [4.69, 9.17) is 16.1 Å². The molecule has 1 amide bonds. The molecule has 4 rings (SSSR count). The van der Waals surface area contributed by atoms with Gasteiger partial charge in [0.25, 0.3) is 5.91 Å². The molecule has 6 heteroatoms. The first kappa shape index (κ1) is 15.3. The van der Waals surface area contributed by atoms with Crippen LogP contribution in [-0.2, 0) is 6.42 Å². The first-order valence-corrected chi connectivity index (χ1v) is 8.46. The fourth-order valence-corrected chi connectivity index (χ4v) is 3.79. The summed E-state index contributed by atoms with van der Waals surface area (Å²) in [7, 11) is 0. The van der Waals surface area contributed by atoms with Crippen molar-refractivity contribution in [1.82, 2.24) is 15.5 Å². The van der Waals surface area contributed by atoms with Crippen molar-refractivity contribution in [2.75, 3.05) is 0 Å². The fraction of sp³-hybridized carbons (Fsp3) is 0.333. The van der Waals surface area contributed by atoms with Crippen LogP contribution in [0.15, 0.2) is 22.7 Å². The molecule has 3 aromatic rings. The van der Waals surface area contributed by atoms with Crippen LogP contribution in [0.3, 0.4) is 0 Å². The molecule has 2 N–H and O–H groups in total. The van der Waals surface area contributed by atoms with Crippen LogP contribution in [0, 0.1) is 13.8 Å². The number of halogens is 1. The third-order valence-corrected chi connectivity index (χ3v) is 4.97. The van der Waals surface area contributed by atoms with Crippen molar-refractivity contribution >= 4 is 28.4 Å². The molecule has 5 nitrogen and oxygen atoms in total. The van der Waals surface area contributed by atoms with Crippen molar-refractivity contribution in [3.05, 3.63) is 51.5 Å².